The molecular formula is C9H8Cl2N2S. The van der Waals surface area contributed by atoms with Gasteiger partial charge in [-0.15, -0.1) is 22.9 Å². The number of thiophene rings is 1. The third-order valence-electron chi connectivity index (χ3n) is 1.83. The summed E-state index contributed by atoms with van der Waals surface area (Å²) < 4.78 is 0. The second-order valence-electron chi connectivity index (χ2n) is 2.95. The average molecular weight is 247 g/mol. The van der Waals surface area contributed by atoms with Gasteiger partial charge in [0.05, 0.1) is 0 Å². The van der Waals surface area contributed by atoms with Crippen LogP contribution < -0.4 is 0 Å². The lowest BCUT2D eigenvalue weighted by atomic mass is 10.3. The summed E-state index contributed by atoms with van der Waals surface area (Å²) >= 11 is 13.3. The maximum Gasteiger partial charge on any atom is 0.141 e. The molecule has 0 amide bonds. The molecule has 0 spiro atoms. The number of hydrogen-bond acceptors (Lipinski definition) is 3. The highest BCUT2D eigenvalue weighted by Gasteiger charge is 2.08. The van der Waals surface area contributed by atoms with Gasteiger partial charge in [0.1, 0.15) is 15.8 Å². The van der Waals surface area contributed by atoms with Crippen LogP contribution in [0.2, 0.25) is 5.15 Å². The first-order valence-corrected chi connectivity index (χ1v) is 5.92. The molecule has 0 aliphatic heterocycles. The summed E-state index contributed by atoms with van der Waals surface area (Å²) in [7, 11) is 0. The normalized spacial score (nSPS) is 11.1. The molecule has 0 saturated heterocycles. The number of nitrogens with zero attached hydrogens (tertiary/aromatic N) is 2. The Labute approximate surface area is 95.9 Å². The molecular weight excluding hydrogens is 239 g/mol. The summed E-state index contributed by atoms with van der Waals surface area (Å²) in [5.74, 6) is 1.24. The van der Waals surface area contributed by atoms with Crippen molar-refractivity contribution in [3.63, 3.8) is 0 Å². The van der Waals surface area contributed by atoms with Crippen molar-refractivity contribution < 1.29 is 0 Å². The zero-order chi connectivity index (χ0) is 10.1. The van der Waals surface area contributed by atoms with Crippen LogP contribution in [0.1, 0.15) is 10.7 Å². The maximum atomic E-state index is 6.02. The Hall–Kier alpha value is -0.380. The fourth-order valence-electron chi connectivity index (χ4n) is 1.24. The number of aromatic nitrogens is 2. The van der Waals surface area contributed by atoms with Crippen molar-refractivity contribution in [2.45, 2.75) is 13.3 Å². The van der Waals surface area contributed by atoms with Gasteiger partial charge >= 0.3 is 0 Å². The first-order chi connectivity index (χ1) is 6.70. The largest absolute Gasteiger partial charge is 0.222 e. The van der Waals surface area contributed by atoms with Crippen molar-refractivity contribution in [3.8, 4) is 0 Å². The number of halogens is 2. The summed E-state index contributed by atoms with van der Waals surface area (Å²) in [4.78, 5) is 10.7. The van der Waals surface area contributed by atoms with Crippen LogP contribution in [0.15, 0.2) is 6.07 Å². The van der Waals surface area contributed by atoms with Crippen LogP contribution in [-0.4, -0.2) is 15.8 Å². The van der Waals surface area contributed by atoms with Gasteiger partial charge in [0.15, 0.2) is 0 Å². The van der Waals surface area contributed by atoms with Gasteiger partial charge < -0.3 is 0 Å². The van der Waals surface area contributed by atoms with Gasteiger partial charge in [-0.25, -0.2) is 9.97 Å². The summed E-state index contributed by atoms with van der Waals surface area (Å²) in [6.45, 7) is 2.03. The fraction of sp³-hybridized carbons (Fsp3) is 0.333. The van der Waals surface area contributed by atoms with Gasteiger partial charge in [0, 0.05) is 22.6 Å². The van der Waals surface area contributed by atoms with Crippen molar-refractivity contribution in [2.24, 2.45) is 0 Å². The number of hydrogen-bond donors (Lipinski definition) is 0. The molecule has 0 atom stereocenters. The molecule has 5 heteroatoms. The molecule has 0 unspecified atom stereocenters. The third kappa shape index (κ3) is 1.85. The van der Waals surface area contributed by atoms with Crippen LogP contribution in [0.4, 0.5) is 0 Å². The highest BCUT2D eigenvalue weighted by atomic mass is 35.5. The van der Waals surface area contributed by atoms with Crippen LogP contribution in [0.3, 0.4) is 0 Å². The first kappa shape index (κ1) is 10.1. The Morgan fingerprint density at radius 3 is 2.93 bits per heavy atom. The topological polar surface area (TPSA) is 25.8 Å². The van der Waals surface area contributed by atoms with E-state index in [1.807, 2.05) is 13.0 Å². The second kappa shape index (κ2) is 4.01. The Morgan fingerprint density at radius 2 is 2.21 bits per heavy atom. The standard InChI is InChI=1S/C9H8Cl2N2S/c1-5-4-6-8(11)12-7(2-3-10)13-9(6)14-5/h4H,2-3H2,1H3. The molecule has 0 N–H and O–H groups in total. The average Bonchev–Trinajstić information content (AvgIpc) is 2.47. The lowest BCUT2D eigenvalue weighted by Gasteiger charge is -1.97. The lowest BCUT2D eigenvalue weighted by molar-refractivity contribution is 0.970. The molecule has 0 aliphatic carbocycles. The van der Waals surface area contributed by atoms with Gasteiger partial charge in [0.25, 0.3) is 0 Å². The monoisotopic (exact) mass is 246 g/mol. The third-order valence-corrected chi connectivity index (χ3v) is 3.26. The summed E-state index contributed by atoms with van der Waals surface area (Å²) in [6, 6.07) is 2.01. The molecule has 2 nitrogen and oxygen atoms in total. The van der Waals surface area contributed by atoms with E-state index in [0.717, 1.165) is 16.0 Å². The second-order valence-corrected chi connectivity index (χ2v) is 4.92. The molecule has 2 aromatic rings. The molecule has 0 bridgehead atoms. The van der Waals surface area contributed by atoms with Crippen LogP contribution in [0.25, 0.3) is 10.2 Å². The minimum absolute atomic E-state index is 0.520. The Balaban J connectivity index is 2.59. The number of alkyl halides is 1. The zero-order valence-electron chi connectivity index (χ0n) is 7.55. The lowest BCUT2D eigenvalue weighted by Crippen LogP contribution is -1.95. The van der Waals surface area contributed by atoms with E-state index in [4.69, 9.17) is 23.2 Å². The van der Waals surface area contributed by atoms with E-state index in [0.29, 0.717) is 17.5 Å². The van der Waals surface area contributed by atoms with E-state index in [1.165, 1.54) is 4.88 Å². The predicted molar refractivity (Wildman–Crippen MR) is 61.6 cm³/mol. The van der Waals surface area contributed by atoms with E-state index in [-0.39, 0.29) is 0 Å². The first-order valence-electron chi connectivity index (χ1n) is 4.19. The van der Waals surface area contributed by atoms with Gasteiger partial charge in [-0.05, 0) is 13.0 Å². The van der Waals surface area contributed by atoms with Crippen LogP contribution in [-0.2, 0) is 6.42 Å². The molecule has 0 aromatic carbocycles. The molecule has 74 valence electrons. The number of fused-ring (bicyclic) bond motifs is 1. The van der Waals surface area contributed by atoms with Gasteiger partial charge in [-0.1, -0.05) is 11.6 Å². The number of rotatable bonds is 2. The minimum Gasteiger partial charge on any atom is -0.222 e. The number of aryl methyl sites for hydroxylation is 2. The molecule has 0 radical (unpaired) electrons. The summed E-state index contributed by atoms with van der Waals surface area (Å²) in [6.07, 6.45) is 0.661. The predicted octanol–water partition coefficient (Wildman–Crippen LogP) is 3.43. The van der Waals surface area contributed by atoms with Crippen LogP contribution in [0, 0.1) is 6.92 Å². The van der Waals surface area contributed by atoms with Crippen molar-refractivity contribution >= 4 is 44.8 Å². The Morgan fingerprint density at radius 1 is 1.43 bits per heavy atom. The molecule has 2 heterocycles. The minimum atomic E-state index is 0.520. The molecule has 2 aromatic heterocycles. The summed E-state index contributed by atoms with van der Waals surface area (Å²) in [5.41, 5.74) is 0. The quantitative estimate of drug-likeness (QED) is 0.600. The summed E-state index contributed by atoms with van der Waals surface area (Å²) in [5, 5.41) is 1.46. The highest BCUT2D eigenvalue weighted by Crippen LogP contribution is 2.28. The Kier molecular flexibility index (Phi) is 2.91. The highest BCUT2D eigenvalue weighted by molar-refractivity contribution is 7.18. The van der Waals surface area contributed by atoms with E-state index in [2.05, 4.69) is 9.97 Å². The van der Waals surface area contributed by atoms with Gasteiger partial charge in [-0.3, -0.25) is 0 Å². The fourth-order valence-corrected chi connectivity index (χ4v) is 2.61. The van der Waals surface area contributed by atoms with Crippen molar-refractivity contribution in [1.29, 1.82) is 0 Å². The van der Waals surface area contributed by atoms with E-state index >= 15 is 0 Å². The van der Waals surface area contributed by atoms with Crippen molar-refractivity contribution in [2.75, 3.05) is 5.88 Å². The maximum absolute atomic E-state index is 6.02. The van der Waals surface area contributed by atoms with Gasteiger partial charge in [-0.2, -0.15) is 0 Å². The van der Waals surface area contributed by atoms with Crippen LogP contribution >= 0.6 is 34.5 Å². The molecule has 0 saturated carbocycles. The Bertz CT molecular complexity index is 467. The van der Waals surface area contributed by atoms with E-state index < -0.39 is 0 Å². The smallest absolute Gasteiger partial charge is 0.141 e. The van der Waals surface area contributed by atoms with E-state index in [1.54, 1.807) is 11.3 Å². The molecule has 0 aliphatic rings. The van der Waals surface area contributed by atoms with E-state index in [9.17, 15) is 0 Å². The molecule has 2 rings (SSSR count). The van der Waals surface area contributed by atoms with Crippen molar-refractivity contribution in [1.82, 2.24) is 9.97 Å². The zero-order valence-corrected chi connectivity index (χ0v) is 9.88. The van der Waals surface area contributed by atoms with Gasteiger partial charge in [0.2, 0.25) is 0 Å². The van der Waals surface area contributed by atoms with Crippen LogP contribution in [0.5, 0.6) is 0 Å². The molecule has 0 fully saturated rings. The molecule has 14 heavy (non-hydrogen) atoms. The van der Waals surface area contributed by atoms with Crippen molar-refractivity contribution in [3.05, 3.63) is 21.9 Å². The SMILES string of the molecule is Cc1cc2c(Cl)nc(CCCl)nc2s1.